The minimum atomic E-state index is -2.28. The van der Waals surface area contributed by atoms with E-state index in [2.05, 4.69) is 202 Å². The summed E-state index contributed by atoms with van der Waals surface area (Å²) in [5.41, 5.74) is 1.20. The Bertz CT molecular complexity index is 2790. The van der Waals surface area contributed by atoms with Gasteiger partial charge in [0, 0.05) is 76.1 Å². The first-order valence-electron chi connectivity index (χ1n) is 46.3. The van der Waals surface area contributed by atoms with Gasteiger partial charge in [0.05, 0.1) is 92.0 Å². The van der Waals surface area contributed by atoms with Gasteiger partial charge in [-0.25, -0.2) is 14.4 Å². The second kappa shape index (κ2) is 75.8. The second-order valence-corrected chi connectivity index (χ2v) is 82.2. The molecule has 0 amide bonds. The van der Waals surface area contributed by atoms with Gasteiger partial charge < -0.3 is 120 Å². The Balaban J connectivity index is -0.000000742. The van der Waals surface area contributed by atoms with Crippen LogP contribution in [0.25, 0.3) is 0 Å². The van der Waals surface area contributed by atoms with E-state index in [0.29, 0.717) is 108 Å². The molecule has 0 aromatic heterocycles. The third kappa shape index (κ3) is 96.3. The van der Waals surface area contributed by atoms with E-state index >= 15 is 0 Å². The number of aliphatic hydroxyl groups is 2. The molecular formula is C86H190N2O27Si12. The number of carbonyl (C=O) groups is 3. The van der Waals surface area contributed by atoms with E-state index in [1.54, 1.807) is 32.9 Å². The Morgan fingerprint density at radius 2 is 0.740 bits per heavy atom. The van der Waals surface area contributed by atoms with Crippen molar-refractivity contribution in [2.45, 2.75) is 291 Å². The van der Waals surface area contributed by atoms with Gasteiger partial charge in [-0.05, 0) is 280 Å². The quantitative estimate of drug-likeness (QED) is 0.00968. The van der Waals surface area contributed by atoms with Crippen LogP contribution < -0.4 is 5.32 Å². The Kier molecular flexibility index (Phi) is 78.9. The lowest BCUT2D eigenvalue weighted by Gasteiger charge is -2.39. The summed E-state index contributed by atoms with van der Waals surface area (Å²) in [5.74, 6) is -1.13. The second-order valence-electron chi connectivity index (χ2n) is 37.7. The van der Waals surface area contributed by atoms with Crippen LogP contribution in [0.5, 0.6) is 0 Å². The van der Waals surface area contributed by atoms with Crippen LogP contribution in [0, 0.1) is 0 Å². The summed E-state index contributed by atoms with van der Waals surface area (Å²) in [5, 5.41) is 22.0. The highest BCUT2D eigenvalue weighted by Gasteiger charge is 2.42. The van der Waals surface area contributed by atoms with Gasteiger partial charge in [-0.2, -0.15) is 0 Å². The van der Waals surface area contributed by atoms with Gasteiger partial charge in [0.2, 0.25) is 0 Å². The normalized spacial score (nSPS) is 15.9. The number of epoxide rings is 3. The van der Waals surface area contributed by atoms with Crippen LogP contribution in [-0.2, 0) is 114 Å². The van der Waals surface area contributed by atoms with Crippen LogP contribution in [0.2, 0.25) is 187 Å². The van der Waals surface area contributed by atoms with E-state index in [0.717, 1.165) is 135 Å². The largest absolute Gasteiger partial charge is 0.460 e. The molecule has 0 radical (unpaired) electrons. The molecule has 0 aromatic carbocycles. The molecular weight excluding hydrogens is 1830 g/mol. The van der Waals surface area contributed by atoms with Crippen molar-refractivity contribution < 1.29 is 124 Å². The fraction of sp³-hybridized carbons (Fsp3) is 0.849. The molecule has 4 aliphatic rings. The van der Waals surface area contributed by atoms with Crippen LogP contribution in [0.4, 0.5) is 0 Å². The standard InChI is InChI=1S/C24H53NO8Si3.C21H44O7Si3.C12H30O4Si3.C9H14O3.C6H20O2Si3.C6H10O2.C4H11N.C4H8O/c1-22(2)24(28)31-17-16-29-14-10-18-34(4,5)32-36(8,9)33-35(6,7)19-11-15-30-21-23(27)20-25(3)12-13-26;1-19(2)21(22)25-14-13-23-11-9-15-29(3,4)27-31(7,8)28-30(5,6)16-10-12-24-17-20-18-26-20;1-17(2)15-19(5,6)16-18(3,4)9-7-8-13-10-12-11-14-12;1-4-5-11-6-7-12-9(10)8(2)3;1-9(2)7-11(5,6)8-10(3)4;1-2-3-7-4-6-5-8-6;1-3-4-5-2;1-2-4-5-3-1/h23,26-27H,1,10-21H2,2-9H3;20H,1,9-18H2,2-8H3;12,17H,7-11H2,1-6H3;4H,1-2,5-7H2,3H3;9-10H,1-6H3;2,6H,1,3-5H2;5H,3-4H2,1-2H3;1-4H2. The topological polar surface area (TPSA) is 320 Å². The summed E-state index contributed by atoms with van der Waals surface area (Å²) in [6, 6.07) is 5.17. The number of ether oxygens (including phenoxy) is 14. The minimum Gasteiger partial charge on any atom is -0.460 e. The van der Waals surface area contributed by atoms with Crippen molar-refractivity contribution in [1.29, 1.82) is 0 Å². The molecule has 0 saturated carbocycles. The van der Waals surface area contributed by atoms with Crippen LogP contribution >= 0.6 is 0 Å². The van der Waals surface area contributed by atoms with Gasteiger partial charge in [0.1, 0.15) is 38.1 Å². The molecule has 754 valence electrons. The average Bonchev–Trinajstić information content (AvgIpc) is 1.80. The maximum absolute atomic E-state index is 11.3. The summed E-state index contributed by atoms with van der Waals surface area (Å²) in [7, 11) is -16.2. The molecule has 4 atom stereocenters. The van der Waals surface area contributed by atoms with Crippen LogP contribution in [0.3, 0.4) is 0 Å². The monoisotopic (exact) mass is 2020 g/mol. The maximum Gasteiger partial charge on any atom is 0.333 e. The summed E-state index contributed by atoms with van der Waals surface area (Å²) in [4.78, 5) is 35.3. The highest BCUT2D eigenvalue weighted by atomic mass is 28.5. The number of aliphatic hydroxyl groups excluding tert-OH is 2. The van der Waals surface area contributed by atoms with E-state index in [4.69, 9.17) is 104 Å². The first-order valence-corrected chi connectivity index (χ1v) is 81.5. The Morgan fingerprint density at radius 3 is 1.01 bits per heavy atom. The molecule has 4 rings (SSSR count). The fourth-order valence-electron chi connectivity index (χ4n) is 12.6. The van der Waals surface area contributed by atoms with E-state index in [1.165, 1.54) is 19.3 Å². The van der Waals surface area contributed by atoms with Crippen molar-refractivity contribution >= 4 is 121 Å². The first kappa shape index (κ1) is 132. The predicted molar refractivity (Wildman–Crippen MR) is 547 cm³/mol. The molecule has 41 heteroatoms. The molecule has 4 saturated heterocycles. The third-order valence-corrected chi connectivity index (χ3v) is 58.3. The first-order chi connectivity index (χ1) is 59.0. The van der Waals surface area contributed by atoms with Gasteiger partial charge in [0.25, 0.3) is 0 Å². The van der Waals surface area contributed by atoms with Crippen molar-refractivity contribution in [2.75, 3.05) is 186 Å². The van der Waals surface area contributed by atoms with E-state index < -0.39 is 109 Å². The number of esters is 3. The molecule has 3 N–H and O–H groups in total. The lowest BCUT2D eigenvalue weighted by atomic mass is 10.3. The van der Waals surface area contributed by atoms with Crippen LogP contribution in [0.1, 0.15) is 79.1 Å². The zero-order valence-corrected chi connectivity index (χ0v) is 98.3. The van der Waals surface area contributed by atoms with Gasteiger partial charge in [-0.1, -0.05) is 38.8 Å². The molecule has 4 aliphatic heterocycles. The van der Waals surface area contributed by atoms with E-state index in [-0.39, 0.29) is 44.3 Å². The van der Waals surface area contributed by atoms with Crippen molar-refractivity contribution in [3.63, 3.8) is 0 Å². The molecule has 4 heterocycles. The van der Waals surface area contributed by atoms with Crippen molar-refractivity contribution in [3.05, 3.63) is 61.8 Å². The molecule has 0 spiro atoms. The highest BCUT2D eigenvalue weighted by molar-refractivity contribution is 6.89. The van der Waals surface area contributed by atoms with Crippen molar-refractivity contribution in [3.8, 4) is 0 Å². The number of hydrogen-bond acceptors (Lipinski definition) is 29. The molecule has 0 aromatic rings. The molecule has 0 aliphatic carbocycles. The fourth-order valence-corrected chi connectivity index (χ4v) is 62.2. The van der Waals surface area contributed by atoms with Crippen LogP contribution in [0.15, 0.2) is 61.8 Å². The summed E-state index contributed by atoms with van der Waals surface area (Å²) in [6.45, 7) is 93.4. The summed E-state index contributed by atoms with van der Waals surface area (Å²) < 4.78 is 124. The Morgan fingerprint density at radius 1 is 0.449 bits per heavy atom. The van der Waals surface area contributed by atoms with Crippen molar-refractivity contribution in [2.24, 2.45) is 0 Å². The number of carbonyl (C=O) groups excluding carboxylic acids is 3. The maximum atomic E-state index is 11.3. The number of hydrogen-bond donors (Lipinski definition) is 3. The molecule has 29 nitrogen and oxygen atoms in total. The lowest BCUT2D eigenvalue weighted by molar-refractivity contribution is -0.141. The zero-order valence-electron chi connectivity index (χ0n) is 85.9. The third-order valence-electron chi connectivity index (χ3n) is 17.2. The Labute approximate surface area is 788 Å². The Hall–Kier alpha value is -1.21. The smallest absolute Gasteiger partial charge is 0.333 e. The summed E-state index contributed by atoms with van der Waals surface area (Å²) in [6.07, 6.45) is 12.5. The minimum absolute atomic E-state index is 0.0810. The SMILES string of the molecule is C1CCOC1.C=C(C)C(=O)OCCOCCC[Si](C)(C)O[Si](C)(C)O[Si](C)(C)CCCOCC(O)CN(C)CCO.C=C(C)C(=O)OCCOCCC[Si](C)(C)O[Si](C)(C)O[Si](C)(C)CCCOCC1CO1.C=CCOCC1CO1.C=CCOCCOC(=O)C(=C)C.CCCNC.C[SiH](C)O[Si](C)(C)O[SiH](C)C.C[SiH](C)O[Si](C)(C)O[Si](C)(C)CCCOCC1CO1. The zero-order chi connectivity index (χ0) is 97.8. The molecule has 4 unspecified atom stereocenters. The van der Waals surface area contributed by atoms with Crippen molar-refractivity contribution in [1.82, 2.24) is 10.2 Å². The van der Waals surface area contributed by atoms with Gasteiger partial charge in [-0.3, -0.25) is 0 Å². The number of nitrogens with one attached hydrogen (secondary N) is 1. The van der Waals surface area contributed by atoms with E-state index in [9.17, 15) is 19.5 Å². The number of nitrogens with zero attached hydrogens (tertiary/aromatic N) is 1. The van der Waals surface area contributed by atoms with E-state index in [1.807, 2.05) is 19.0 Å². The highest BCUT2D eigenvalue weighted by Crippen LogP contribution is 2.29. The molecule has 127 heavy (non-hydrogen) atoms. The number of rotatable bonds is 66. The van der Waals surface area contributed by atoms with Crippen LogP contribution in [-0.4, -0.2) is 346 Å². The van der Waals surface area contributed by atoms with Gasteiger partial charge in [-0.15, -0.1) is 13.2 Å². The predicted octanol–water partition coefficient (Wildman–Crippen LogP) is 15.5. The van der Waals surface area contributed by atoms with Gasteiger partial charge >= 0.3 is 52.2 Å². The summed E-state index contributed by atoms with van der Waals surface area (Å²) >= 11 is 0. The lowest BCUT2D eigenvalue weighted by Crippen LogP contribution is -2.52. The molecule has 0 bridgehead atoms. The number of likely N-dealkylation sites (N-methyl/N-ethyl adjacent to an activating group) is 1. The van der Waals surface area contributed by atoms with Gasteiger partial charge in [0.15, 0.2) is 68.7 Å². The average molecular weight is 2020 g/mol. The molecule has 4 fully saturated rings.